The molecule has 49 heavy (non-hydrogen) atoms. The fraction of sp³-hybridized carbons (Fsp3) is 0.102. The summed E-state index contributed by atoms with van der Waals surface area (Å²) in [4.78, 5) is 0. The van der Waals surface area contributed by atoms with Crippen molar-refractivity contribution < 1.29 is 0 Å². The normalized spacial score (nSPS) is 18.1. The SMILES string of the molecule is CC1(C)c2cc(-c3ccc4ccc(C5C=c6ccccc6=C6C=CC=CC65)cc4c3)ccc2-c2ccc(-c3cccc4ccccc34)cc21. The Kier molecular flexibility index (Phi) is 6.15. The minimum atomic E-state index is -0.103. The van der Waals surface area contributed by atoms with Crippen LogP contribution >= 0.6 is 0 Å². The minimum Gasteiger partial charge on any atom is -0.0761 e. The maximum absolute atomic E-state index is 2.48. The molecule has 0 saturated heterocycles. The summed E-state index contributed by atoms with van der Waals surface area (Å²) >= 11 is 0. The first-order chi connectivity index (χ1) is 24.0. The second-order valence-electron chi connectivity index (χ2n) is 14.5. The molecule has 10 rings (SSSR count). The topological polar surface area (TPSA) is 0 Å². The predicted octanol–water partition coefficient (Wildman–Crippen LogP) is 11.1. The Labute approximate surface area is 287 Å². The van der Waals surface area contributed by atoms with Gasteiger partial charge in [0.2, 0.25) is 0 Å². The molecule has 3 aliphatic rings. The van der Waals surface area contributed by atoms with Gasteiger partial charge in [0.05, 0.1) is 0 Å². The smallest absolute Gasteiger partial charge is 0.0159 e. The lowest BCUT2D eigenvalue weighted by molar-refractivity contribution is 0.661. The van der Waals surface area contributed by atoms with Crippen molar-refractivity contribution >= 4 is 33.2 Å². The maximum Gasteiger partial charge on any atom is 0.0159 e. The van der Waals surface area contributed by atoms with Gasteiger partial charge in [0, 0.05) is 17.3 Å². The van der Waals surface area contributed by atoms with E-state index in [1.165, 1.54) is 87.6 Å². The highest BCUT2D eigenvalue weighted by atomic mass is 14.4. The number of rotatable bonds is 3. The average molecular weight is 625 g/mol. The first-order valence-electron chi connectivity index (χ1n) is 17.5. The second kappa shape index (κ2) is 10.6. The minimum absolute atomic E-state index is 0.103. The highest BCUT2D eigenvalue weighted by molar-refractivity contribution is 5.98. The Morgan fingerprint density at radius 3 is 2.10 bits per heavy atom. The van der Waals surface area contributed by atoms with Crippen LogP contribution in [-0.2, 0) is 5.41 Å². The molecule has 3 aliphatic carbocycles. The van der Waals surface area contributed by atoms with Gasteiger partial charge in [0.15, 0.2) is 0 Å². The van der Waals surface area contributed by atoms with E-state index in [-0.39, 0.29) is 5.41 Å². The number of hydrogen-bond acceptors (Lipinski definition) is 0. The van der Waals surface area contributed by atoms with E-state index in [1.54, 1.807) is 0 Å². The molecule has 0 fully saturated rings. The third-order valence-corrected chi connectivity index (χ3v) is 11.4. The predicted molar refractivity (Wildman–Crippen MR) is 208 cm³/mol. The van der Waals surface area contributed by atoms with E-state index in [2.05, 4.69) is 184 Å². The van der Waals surface area contributed by atoms with Gasteiger partial charge in [0.25, 0.3) is 0 Å². The van der Waals surface area contributed by atoms with Crippen LogP contribution in [0.15, 0.2) is 164 Å². The third kappa shape index (κ3) is 4.37. The Hall–Kier alpha value is -5.72. The fourth-order valence-electron chi connectivity index (χ4n) is 8.86. The average Bonchev–Trinajstić information content (AvgIpc) is 3.38. The summed E-state index contributed by atoms with van der Waals surface area (Å²) in [7, 11) is 0. The van der Waals surface area contributed by atoms with Crippen molar-refractivity contribution in [2.45, 2.75) is 25.2 Å². The van der Waals surface area contributed by atoms with Crippen molar-refractivity contribution in [3.05, 3.63) is 191 Å². The van der Waals surface area contributed by atoms with E-state index in [0.717, 1.165) is 0 Å². The van der Waals surface area contributed by atoms with Gasteiger partial charge < -0.3 is 0 Å². The molecular weight excluding hydrogens is 589 g/mol. The molecule has 0 heteroatoms. The molecule has 2 unspecified atom stereocenters. The maximum atomic E-state index is 2.48. The molecular formula is C49H36. The number of hydrogen-bond donors (Lipinski definition) is 0. The molecule has 0 bridgehead atoms. The van der Waals surface area contributed by atoms with Gasteiger partial charge in [-0.1, -0.05) is 166 Å². The molecule has 2 atom stereocenters. The van der Waals surface area contributed by atoms with Crippen LogP contribution in [0.1, 0.15) is 36.5 Å². The Morgan fingerprint density at radius 1 is 0.490 bits per heavy atom. The summed E-state index contributed by atoms with van der Waals surface area (Å²) in [5, 5.41) is 7.85. The third-order valence-electron chi connectivity index (χ3n) is 11.4. The van der Waals surface area contributed by atoms with Gasteiger partial charge in [-0.05, 0) is 106 Å². The van der Waals surface area contributed by atoms with Crippen molar-refractivity contribution in [1.82, 2.24) is 0 Å². The lowest BCUT2D eigenvalue weighted by atomic mass is 9.75. The summed E-state index contributed by atoms with van der Waals surface area (Å²) in [6.45, 7) is 4.78. The number of benzene rings is 7. The van der Waals surface area contributed by atoms with Crippen LogP contribution in [-0.4, -0.2) is 0 Å². The molecule has 0 nitrogen and oxygen atoms in total. The van der Waals surface area contributed by atoms with Crippen molar-refractivity contribution in [1.29, 1.82) is 0 Å². The van der Waals surface area contributed by atoms with Crippen LogP contribution < -0.4 is 10.4 Å². The van der Waals surface area contributed by atoms with E-state index in [9.17, 15) is 0 Å². The van der Waals surface area contributed by atoms with Gasteiger partial charge in [-0.3, -0.25) is 0 Å². The molecule has 232 valence electrons. The van der Waals surface area contributed by atoms with Crippen molar-refractivity contribution in [2.75, 3.05) is 0 Å². The Bertz CT molecular complexity index is 2690. The molecule has 0 spiro atoms. The van der Waals surface area contributed by atoms with Crippen LogP contribution in [0, 0.1) is 5.92 Å². The lowest BCUT2D eigenvalue weighted by Gasteiger charge is -2.29. The number of fused-ring (bicyclic) bond motifs is 7. The first kappa shape index (κ1) is 28.3. The summed E-state index contributed by atoms with van der Waals surface area (Å²) in [5.41, 5.74) is 13.3. The van der Waals surface area contributed by atoms with Crippen LogP contribution in [0.3, 0.4) is 0 Å². The second-order valence-corrected chi connectivity index (χ2v) is 14.5. The van der Waals surface area contributed by atoms with Gasteiger partial charge in [-0.15, -0.1) is 0 Å². The van der Waals surface area contributed by atoms with E-state index in [4.69, 9.17) is 0 Å². The quantitative estimate of drug-likeness (QED) is 0.183. The molecule has 0 heterocycles. The van der Waals surface area contributed by atoms with Crippen molar-refractivity contribution in [3.63, 3.8) is 0 Å². The first-order valence-corrected chi connectivity index (χ1v) is 17.5. The Balaban J connectivity index is 1.03. The molecule has 0 N–H and O–H groups in total. The molecule has 0 saturated carbocycles. The van der Waals surface area contributed by atoms with Gasteiger partial charge in [0.1, 0.15) is 0 Å². The van der Waals surface area contributed by atoms with Crippen LogP contribution in [0.5, 0.6) is 0 Å². The van der Waals surface area contributed by atoms with E-state index < -0.39 is 0 Å². The zero-order valence-corrected chi connectivity index (χ0v) is 27.8. The molecule has 0 amide bonds. The number of allylic oxidation sites excluding steroid dienone is 4. The highest BCUT2D eigenvalue weighted by Gasteiger charge is 2.36. The van der Waals surface area contributed by atoms with Crippen molar-refractivity contribution in [3.8, 4) is 33.4 Å². The Morgan fingerprint density at radius 2 is 1.20 bits per heavy atom. The van der Waals surface area contributed by atoms with E-state index in [0.29, 0.717) is 11.8 Å². The largest absolute Gasteiger partial charge is 0.0761 e. The van der Waals surface area contributed by atoms with E-state index >= 15 is 0 Å². The summed E-state index contributed by atoms with van der Waals surface area (Å²) in [6.07, 6.45) is 11.5. The summed E-state index contributed by atoms with van der Waals surface area (Å²) in [5.74, 6) is 0.652. The zero-order valence-electron chi connectivity index (χ0n) is 27.8. The van der Waals surface area contributed by atoms with Crippen LogP contribution in [0.4, 0.5) is 0 Å². The van der Waals surface area contributed by atoms with Gasteiger partial charge >= 0.3 is 0 Å². The van der Waals surface area contributed by atoms with Gasteiger partial charge in [-0.2, -0.15) is 0 Å². The van der Waals surface area contributed by atoms with Crippen LogP contribution in [0.2, 0.25) is 0 Å². The molecule has 0 aromatic heterocycles. The molecule has 0 radical (unpaired) electrons. The van der Waals surface area contributed by atoms with Crippen molar-refractivity contribution in [2.24, 2.45) is 5.92 Å². The summed E-state index contributed by atoms with van der Waals surface area (Å²) in [6, 6.07) is 52.4. The molecule has 7 aromatic carbocycles. The standard InChI is InChI=1S/C49H36/c1-49(2)47-29-34(22-24-44(47)45-25-23-37(30-48(45)49)40-17-9-12-32-10-3-5-13-39(32)40)33-20-18-31-19-21-36(27-38(31)26-33)46-28-35-11-4-6-14-41(35)42-15-7-8-16-43(42)46/h3-30,43,46H,1-2H3. The van der Waals surface area contributed by atoms with Crippen LogP contribution in [0.25, 0.3) is 66.6 Å². The summed E-state index contributed by atoms with van der Waals surface area (Å²) < 4.78 is 0. The highest BCUT2D eigenvalue weighted by Crippen LogP contribution is 2.51. The molecule has 7 aromatic rings. The van der Waals surface area contributed by atoms with Gasteiger partial charge in [-0.25, -0.2) is 0 Å². The monoisotopic (exact) mass is 624 g/mol. The lowest BCUT2D eigenvalue weighted by Crippen LogP contribution is -2.35. The van der Waals surface area contributed by atoms with E-state index in [1.807, 2.05) is 0 Å². The molecule has 0 aliphatic heterocycles. The fourth-order valence-corrected chi connectivity index (χ4v) is 8.86. The zero-order chi connectivity index (χ0) is 32.7.